The molecule has 7 heteroatoms. The van der Waals surface area contributed by atoms with Crippen LogP contribution < -0.4 is 16.4 Å². The van der Waals surface area contributed by atoms with Crippen LogP contribution in [0.1, 0.15) is 5.56 Å². The lowest BCUT2D eigenvalue weighted by Gasteiger charge is -2.36. The summed E-state index contributed by atoms with van der Waals surface area (Å²) in [5.74, 6) is -0.882. The number of hydrogen-bond acceptors (Lipinski definition) is 5. The zero-order chi connectivity index (χ0) is 14.7. The number of carbonyl (C=O) groups excluding carboxylic acids is 1. The van der Waals surface area contributed by atoms with Crippen molar-refractivity contribution in [2.45, 2.75) is 0 Å². The summed E-state index contributed by atoms with van der Waals surface area (Å²) in [7, 11) is 0. The summed E-state index contributed by atoms with van der Waals surface area (Å²) in [5, 5.41) is 9.10. The molecule has 1 aromatic rings. The molecule has 0 aliphatic carbocycles. The quantitative estimate of drug-likeness (QED) is 0.751. The number of nitrogens with zero attached hydrogens (tertiary/aromatic N) is 3. The third-order valence-corrected chi connectivity index (χ3v) is 3.29. The van der Waals surface area contributed by atoms with E-state index >= 15 is 0 Å². The Bertz CT molecular complexity index is 561. The van der Waals surface area contributed by atoms with Crippen LogP contribution in [0.4, 0.5) is 15.8 Å². The average Bonchev–Trinajstić information content (AvgIpc) is 2.38. The second-order valence-corrected chi connectivity index (χ2v) is 4.73. The number of piperazine rings is 1. The van der Waals surface area contributed by atoms with Crippen LogP contribution in [0.3, 0.4) is 0 Å². The number of anilines is 2. The van der Waals surface area contributed by atoms with E-state index in [0.29, 0.717) is 31.9 Å². The van der Waals surface area contributed by atoms with Gasteiger partial charge in [-0.2, -0.15) is 5.26 Å². The van der Waals surface area contributed by atoms with E-state index in [9.17, 15) is 9.18 Å². The number of hydrogen-bond donors (Lipinski definition) is 2. The number of rotatable bonds is 3. The molecule has 0 saturated carbocycles. The Morgan fingerprint density at radius 3 is 2.55 bits per heavy atom. The van der Waals surface area contributed by atoms with Gasteiger partial charge in [-0.05, 0) is 12.1 Å². The fraction of sp³-hybridized carbons (Fsp3) is 0.385. The lowest BCUT2D eigenvalue weighted by atomic mass is 10.1. The first-order chi connectivity index (χ1) is 9.51. The van der Waals surface area contributed by atoms with Crippen molar-refractivity contribution in [3.63, 3.8) is 0 Å². The molecule has 1 fully saturated rings. The Hall–Kier alpha value is -2.33. The molecule has 0 radical (unpaired) electrons. The Kier molecular flexibility index (Phi) is 4.05. The van der Waals surface area contributed by atoms with Gasteiger partial charge in [0.05, 0.1) is 23.5 Å². The highest BCUT2D eigenvalue weighted by atomic mass is 19.1. The number of nitriles is 1. The van der Waals surface area contributed by atoms with Crippen molar-refractivity contribution in [3.8, 4) is 6.07 Å². The van der Waals surface area contributed by atoms with Crippen molar-refractivity contribution in [1.82, 2.24) is 4.90 Å². The standard InChI is InChI=1S/C13H16FN5O/c14-10-5-9(7-15)13(11(16)6-10)19-3-1-18(2-4-19)8-12(17)20/h5-6H,1-4,8,16H2,(H2,17,20). The zero-order valence-electron chi connectivity index (χ0n) is 11.0. The minimum atomic E-state index is -0.518. The molecule has 1 aromatic carbocycles. The van der Waals surface area contributed by atoms with Gasteiger partial charge in [-0.25, -0.2) is 4.39 Å². The summed E-state index contributed by atoms with van der Waals surface area (Å²) in [6.45, 7) is 2.72. The van der Waals surface area contributed by atoms with Crippen LogP contribution in [-0.4, -0.2) is 43.5 Å². The number of primary amides is 1. The van der Waals surface area contributed by atoms with E-state index in [1.807, 2.05) is 15.9 Å². The van der Waals surface area contributed by atoms with Crippen LogP contribution in [0.15, 0.2) is 12.1 Å². The molecule has 1 aliphatic heterocycles. The van der Waals surface area contributed by atoms with Crippen molar-refractivity contribution in [2.24, 2.45) is 5.73 Å². The molecule has 106 valence electrons. The van der Waals surface area contributed by atoms with E-state index in [1.165, 1.54) is 12.1 Å². The summed E-state index contributed by atoms with van der Waals surface area (Å²) in [5.41, 5.74) is 12.0. The van der Waals surface area contributed by atoms with Gasteiger partial charge in [0.25, 0.3) is 0 Å². The van der Waals surface area contributed by atoms with E-state index in [-0.39, 0.29) is 23.7 Å². The van der Waals surface area contributed by atoms with E-state index < -0.39 is 5.82 Å². The molecule has 2 rings (SSSR count). The molecule has 6 nitrogen and oxygen atoms in total. The summed E-state index contributed by atoms with van der Waals surface area (Å²) in [4.78, 5) is 14.7. The Balaban J connectivity index is 2.15. The molecule has 1 amide bonds. The largest absolute Gasteiger partial charge is 0.397 e. The van der Waals surface area contributed by atoms with Gasteiger partial charge in [0.15, 0.2) is 0 Å². The molecule has 0 bridgehead atoms. The maximum absolute atomic E-state index is 13.3. The molecular weight excluding hydrogens is 261 g/mol. The van der Waals surface area contributed by atoms with Gasteiger partial charge in [0, 0.05) is 26.2 Å². The average molecular weight is 277 g/mol. The van der Waals surface area contributed by atoms with Crippen LogP contribution in [0.5, 0.6) is 0 Å². The summed E-state index contributed by atoms with van der Waals surface area (Å²) >= 11 is 0. The zero-order valence-corrected chi connectivity index (χ0v) is 11.0. The Morgan fingerprint density at radius 1 is 1.35 bits per heavy atom. The van der Waals surface area contributed by atoms with Crippen molar-refractivity contribution in [2.75, 3.05) is 43.4 Å². The minimum absolute atomic E-state index is 0.220. The molecule has 0 unspecified atom stereocenters. The van der Waals surface area contributed by atoms with E-state index in [1.54, 1.807) is 0 Å². The fourth-order valence-corrected chi connectivity index (χ4v) is 2.41. The Morgan fingerprint density at radius 2 is 2.00 bits per heavy atom. The monoisotopic (exact) mass is 277 g/mol. The number of benzene rings is 1. The summed E-state index contributed by atoms with van der Waals surface area (Å²) in [6.07, 6.45) is 0. The molecule has 0 aromatic heterocycles. The highest BCUT2D eigenvalue weighted by Gasteiger charge is 2.22. The highest BCUT2D eigenvalue weighted by Crippen LogP contribution is 2.29. The smallest absolute Gasteiger partial charge is 0.231 e. The second kappa shape index (κ2) is 5.75. The number of nitrogens with two attached hydrogens (primary N) is 2. The van der Waals surface area contributed by atoms with E-state index in [4.69, 9.17) is 16.7 Å². The lowest BCUT2D eigenvalue weighted by Crippen LogP contribution is -2.49. The maximum Gasteiger partial charge on any atom is 0.231 e. The van der Waals surface area contributed by atoms with Gasteiger partial charge in [-0.3, -0.25) is 9.69 Å². The number of amides is 1. The van der Waals surface area contributed by atoms with Gasteiger partial charge >= 0.3 is 0 Å². The highest BCUT2D eigenvalue weighted by molar-refractivity contribution is 5.76. The maximum atomic E-state index is 13.3. The first-order valence-corrected chi connectivity index (χ1v) is 6.26. The van der Waals surface area contributed by atoms with Crippen LogP contribution in [0.2, 0.25) is 0 Å². The molecule has 1 heterocycles. The second-order valence-electron chi connectivity index (χ2n) is 4.73. The van der Waals surface area contributed by atoms with Gasteiger partial charge < -0.3 is 16.4 Å². The number of carbonyl (C=O) groups is 1. The van der Waals surface area contributed by atoms with Crippen molar-refractivity contribution >= 4 is 17.3 Å². The predicted octanol–water partition coefficient (Wildman–Crippen LogP) is -0.113. The molecule has 1 saturated heterocycles. The van der Waals surface area contributed by atoms with Gasteiger partial charge in [-0.1, -0.05) is 0 Å². The van der Waals surface area contributed by atoms with Crippen LogP contribution >= 0.6 is 0 Å². The predicted molar refractivity (Wildman–Crippen MR) is 73.4 cm³/mol. The van der Waals surface area contributed by atoms with Crippen LogP contribution in [0.25, 0.3) is 0 Å². The van der Waals surface area contributed by atoms with Crippen LogP contribution in [-0.2, 0) is 4.79 Å². The number of nitrogen functional groups attached to an aromatic ring is 1. The third-order valence-electron chi connectivity index (χ3n) is 3.29. The first-order valence-electron chi connectivity index (χ1n) is 6.26. The molecule has 20 heavy (non-hydrogen) atoms. The molecule has 4 N–H and O–H groups in total. The van der Waals surface area contributed by atoms with Crippen molar-refractivity contribution in [3.05, 3.63) is 23.5 Å². The Labute approximate surface area is 116 Å². The fourth-order valence-electron chi connectivity index (χ4n) is 2.41. The molecule has 0 atom stereocenters. The van der Waals surface area contributed by atoms with Gasteiger partial charge in [0.1, 0.15) is 11.9 Å². The normalized spacial score (nSPS) is 15.9. The summed E-state index contributed by atoms with van der Waals surface area (Å²) in [6, 6.07) is 4.36. The van der Waals surface area contributed by atoms with Gasteiger partial charge in [0.2, 0.25) is 5.91 Å². The number of halogens is 1. The van der Waals surface area contributed by atoms with Crippen molar-refractivity contribution < 1.29 is 9.18 Å². The van der Waals surface area contributed by atoms with Crippen LogP contribution in [0, 0.1) is 17.1 Å². The SMILES string of the molecule is N#Cc1cc(F)cc(N)c1N1CCN(CC(N)=O)CC1. The molecular formula is C13H16FN5O. The lowest BCUT2D eigenvalue weighted by molar-refractivity contribution is -0.119. The summed E-state index contributed by atoms with van der Waals surface area (Å²) < 4.78 is 13.3. The first kappa shape index (κ1) is 14.1. The topological polar surface area (TPSA) is 99.4 Å². The molecule has 1 aliphatic rings. The third kappa shape index (κ3) is 2.97. The van der Waals surface area contributed by atoms with E-state index in [0.717, 1.165) is 0 Å². The van der Waals surface area contributed by atoms with Crippen molar-refractivity contribution in [1.29, 1.82) is 5.26 Å². The molecule has 0 spiro atoms. The minimum Gasteiger partial charge on any atom is -0.397 e. The van der Waals surface area contributed by atoms with E-state index in [2.05, 4.69) is 0 Å². The van der Waals surface area contributed by atoms with Gasteiger partial charge in [-0.15, -0.1) is 0 Å².